The predicted octanol–water partition coefficient (Wildman–Crippen LogP) is 0.307. The molecule has 0 saturated carbocycles. The molecule has 1 aromatic carbocycles. The first-order valence-electron chi connectivity index (χ1n) is 8.67. The summed E-state index contributed by atoms with van der Waals surface area (Å²) < 4.78 is 5.08. The van der Waals surface area contributed by atoms with Gasteiger partial charge in [-0.2, -0.15) is 0 Å². The molecule has 1 heterocycles. The minimum atomic E-state index is -0.0984. The standard InChI is InChI=1S/C18H28N4O3/c1-14(19)13-17(23)22-11-9-21(10-12-22)8-7-20-18(24)15-3-5-16(25-2)6-4-15/h3-6,14H,7-13,19H2,1-2H3,(H,20,24). The van der Waals surface area contributed by atoms with Gasteiger partial charge in [-0.05, 0) is 31.2 Å². The number of hydrogen-bond acceptors (Lipinski definition) is 5. The Balaban J connectivity index is 1.67. The third-order valence-electron chi connectivity index (χ3n) is 4.29. The molecule has 2 amide bonds. The first kappa shape index (κ1) is 19.2. The summed E-state index contributed by atoms with van der Waals surface area (Å²) in [6.45, 7) is 6.29. The fourth-order valence-corrected chi connectivity index (χ4v) is 2.80. The van der Waals surface area contributed by atoms with Crippen LogP contribution in [0.25, 0.3) is 0 Å². The van der Waals surface area contributed by atoms with Crippen molar-refractivity contribution in [3.63, 3.8) is 0 Å². The zero-order chi connectivity index (χ0) is 18.2. The molecule has 0 spiro atoms. The number of piperazine rings is 1. The normalized spacial score (nSPS) is 16.4. The van der Waals surface area contributed by atoms with Crippen LogP contribution in [0.15, 0.2) is 24.3 Å². The lowest BCUT2D eigenvalue weighted by Gasteiger charge is -2.35. The molecule has 7 nitrogen and oxygen atoms in total. The monoisotopic (exact) mass is 348 g/mol. The number of rotatable bonds is 7. The zero-order valence-electron chi connectivity index (χ0n) is 15.0. The Kier molecular flexibility index (Phi) is 7.21. The number of benzene rings is 1. The quantitative estimate of drug-likeness (QED) is 0.740. The summed E-state index contributed by atoms with van der Waals surface area (Å²) in [5.74, 6) is 0.767. The van der Waals surface area contributed by atoms with Gasteiger partial charge in [-0.15, -0.1) is 0 Å². The molecule has 1 aliphatic heterocycles. The Morgan fingerprint density at radius 3 is 2.40 bits per heavy atom. The van der Waals surface area contributed by atoms with Gasteiger partial charge in [-0.25, -0.2) is 0 Å². The van der Waals surface area contributed by atoms with E-state index in [9.17, 15) is 9.59 Å². The number of ether oxygens (including phenoxy) is 1. The number of hydrogen-bond donors (Lipinski definition) is 2. The second kappa shape index (κ2) is 9.39. The van der Waals surface area contributed by atoms with E-state index in [-0.39, 0.29) is 17.9 Å². The fraction of sp³-hybridized carbons (Fsp3) is 0.556. The van der Waals surface area contributed by atoms with Gasteiger partial charge in [0.15, 0.2) is 0 Å². The molecule has 0 radical (unpaired) electrons. The van der Waals surface area contributed by atoms with Gasteiger partial charge in [-0.3, -0.25) is 14.5 Å². The maximum atomic E-state index is 12.1. The maximum absolute atomic E-state index is 12.1. The van der Waals surface area contributed by atoms with Crippen LogP contribution < -0.4 is 15.8 Å². The lowest BCUT2D eigenvalue weighted by Crippen LogP contribution is -2.50. The number of carbonyl (C=O) groups excluding carboxylic acids is 2. The van der Waals surface area contributed by atoms with E-state index in [4.69, 9.17) is 10.5 Å². The minimum Gasteiger partial charge on any atom is -0.497 e. The molecule has 1 aromatic rings. The Morgan fingerprint density at radius 1 is 1.20 bits per heavy atom. The summed E-state index contributed by atoms with van der Waals surface area (Å²) in [6, 6.07) is 6.94. The van der Waals surface area contributed by atoms with Crippen molar-refractivity contribution in [3.05, 3.63) is 29.8 Å². The van der Waals surface area contributed by atoms with Crippen molar-refractivity contribution < 1.29 is 14.3 Å². The van der Waals surface area contributed by atoms with E-state index < -0.39 is 0 Å². The molecule has 1 unspecified atom stereocenters. The summed E-state index contributed by atoms with van der Waals surface area (Å²) in [5.41, 5.74) is 6.30. The lowest BCUT2D eigenvalue weighted by atomic mass is 10.2. The summed E-state index contributed by atoms with van der Waals surface area (Å²) in [4.78, 5) is 28.2. The minimum absolute atomic E-state index is 0.0894. The third-order valence-corrected chi connectivity index (χ3v) is 4.29. The average Bonchev–Trinajstić information content (AvgIpc) is 2.61. The number of nitrogens with two attached hydrogens (primary N) is 1. The van der Waals surface area contributed by atoms with Gasteiger partial charge in [0, 0.05) is 57.3 Å². The molecule has 25 heavy (non-hydrogen) atoms. The van der Waals surface area contributed by atoms with Crippen molar-refractivity contribution in [2.24, 2.45) is 5.73 Å². The third kappa shape index (κ3) is 6.03. The molecule has 138 valence electrons. The molecule has 1 fully saturated rings. The topological polar surface area (TPSA) is 87.9 Å². The van der Waals surface area contributed by atoms with Gasteiger partial charge in [0.05, 0.1) is 7.11 Å². The van der Waals surface area contributed by atoms with Crippen LogP contribution in [0.5, 0.6) is 5.75 Å². The van der Waals surface area contributed by atoms with E-state index in [2.05, 4.69) is 10.2 Å². The summed E-state index contributed by atoms with van der Waals surface area (Å²) in [7, 11) is 1.60. The van der Waals surface area contributed by atoms with Crippen LogP contribution >= 0.6 is 0 Å². The van der Waals surface area contributed by atoms with Crippen molar-refractivity contribution >= 4 is 11.8 Å². The summed E-state index contributed by atoms with van der Waals surface area (Å²) >= 11 is 0. The second-order valence-corrected chi connectivity index (χ2v) is 6.39. The van der Waals surface area contributed by atoms with Crippen LogP contribution in [0.4, 0.5) is 0 Å². The molecule has 0 aromatic heterocycles. The van der Waals surface area contributed by atoms with Crippen LogP contribution in [0, 0.1) is 0 Å². The van der Waals surface area contributed by atoms with E-state index in [0.717, 1.165) is 38.5 Å². The molecule has 1 saturated heterocycles. The number of methoxy groups -OCH3 is 1. The lowest BCUT2D eigenvalue weighted by molar-refractivity contribution is -0.133. The molecule has 1 atom stereocenters. The first-order chi connectivity index (χ1) is 12.0. The molecule has 0 aliphatic carbocycles. The Labute approximate surface area is 149 Å². The van der Waals surface area contributed by atoms with E-state index in [1.807, 2.05) is 11.8 Å². The van der Waals surface area contributed by atoms with Crippen molar-refractivity contribution in [2.75, 3.05) is 46.4 Å². The van der Waals surface area contributed by atoms with Gasteiger partial charge in [0.2, 0.25) is 5.91 Å². The highest BCUT2D eigenvalue weighted by Crippen LogP contribution is 2.11. The van der Waals surface area contributed by atoms with Gasteiger partial charge < -0.3 is 20.7 Å². The highest BCUT2D eigenvalue weighted by atomic mass is 16.5. The largest absolute Gasteiger partial charge is 0.497 e. The van der Waals surface area contributed by atoms with Crippen LogP contribution in [-0.2, 0) is 4.79 Å². The van der Waals surface area contributed by atoms with Crippen LogP contribution in [-0.4, -0.2) is 74.0 Å². The van der Waals surface area contributed by atoms with E-state index in [1.165, 1.54) is 0 Å². The zero-order valence-corrected chi connectivity index (χ0v) is 15.0. The molecule has 2 rings (SSSR count). The number of amides is 2. The first-order valence-corrected chi connectivity index (χ1v) is 8.67. The van der Waals surface area contributed by atoms with E-state index >= 15 is 0 Å². The fourth-order valence-electron chi connectivity index (χ4n) is 2.80. The number of carbonyl (C=O) groups is 2. The van der Waals surface area contributed by atoms with Crippen molar-refractivity contribution in [2.45, 2.75) is 19.4 Å². The SMILES string of the molecule is COc1ccc(C(=O)NCCN2CCN(C(=O)CC(C)N)CC2)cc1. The van der Waals surface area contributed by atoms with Crippen LogP contribution in [0.2, 0.25) is 0 Å². The van der Waals surface area contributed by atoms with Gasteiger partial charge in [-0.1, -0.05) is 0 Å². The van der Waals surface area contributed by atoms with Gasteiger partial charge in [0.25, 0.3) is 5.91 Å². The van der Waals surface area contributed by atoms with Crippen molar-refractivity contribution in [1.82, 2.24) is 15.1 Å². The average molecular weight is 348 g/mol. The smallest absolute Gasteiger partial charge is 0.251 e. The van der Waals surface area contributed by atoms with E-state index in [0.29, 0.717) is 18.5 Å². The highest BCUT2D eigenvalue weighted by molar-refractivity contribution is 5.94. The highest BCUT2D eigenvalue weighted by Gasteiger charge is 2.21. The Hall–Kier alpha value is -2.12. The Bertz CT molecular complexity index is 566. The van der Waals surface area contributed by atoms with Crippen molar-refractivity contribution in [1.29, 1.82) is 0 Å². The molecule has 0 bridgehead atoms. The predicted molar refractivity (Wildman–Crippen MR) is 96.6 cm³/mol. The molecular formula is C18H28N4O3. The Morgan fingerprint density at radius 2 is 1.84 bits per heavy atom. The molecule has 3 N–H and O–H groups in total. The maximum Gasteiger partial charge on any atom is 0.251 e. The van der Waals surface area contributed by atoms with Crippen LogP contribution in [0.3, 0.4) is 0 Å². The summed E-state index contributed by atoms with van der Waals surface area (Å²) in [6.07, 6.45) is 0.401. The van der Waals surface area contributed by atoms with Crippen LogP contribution in [0.1, 0.15) is 23.7 Å². The number of nitrogens with one attached hydrogen (secondary N) is 1. The number of nitrogens with zero attached hydrogens (tertiary/aromatic N) is 2. The second-order valence-electron chi connectivity index (χ2n) is 6.39. The molecule has 1 aliphatic rings. The molecule has 7 heteroatoms. The summed E-state index contributed by atoms with van der Waals surface area (Å²) in [5, 5.41) is 2.93. The van der Waals surface area contributed by atoms with E-state index in [1.54, 1.807) is 31.4 Å². The van der Waals surface area contributed by atoms with Gasteiger partial charge in [0.1, 0.15) is 5.75 Å². The van der Waals surface area contributed by atoms with Gasteiger partial charge >= 0.3 is 0 Å². The molecular weight excluding hydrogens is 320 g/mol. The van der Waals surface area contributed by atoms with Crippen molar-refractivity contribution in [3.8, 4) is 5.75 Å².